The number of amides is 1. The summed E-state index contributed by atoms with van der Waals surface area (Å²) >= 11 is 0. The van der Waals surface area contributed by atoms with Crippen LogP contribution in [0, 0.1) is 6.92 Å². The maximum absolute atomic E-state index is 12.1. The number of nitrogens with one attached hydrogen (secondary N) is 1. The van der Waals surface area contributed by atoms with Crippen LogP contribution in [-0.2, 0) is 11.2 Å². The Labute approximate surface area is 140 Å². The maximum atomic E-state index is 12.1. The van der Waals surface area contributed by atoms with Gasteiger partial charge < -0.3 is 14.8 Å². The molecule has 1 aromatic heterocycles. The van der Waals surface area contributed by atoms with Crippen molar-refractivity contribution in [3.8, 4) is 5.75 Å². The Morgan fingerprint density at radius 1 is 1.17 bits per heavy atom. The molecular formula is C18H20N2O4. The van der Waals surface area contributed by atoms with Crippen molar-refractivity contribution >= 4 is 11.9 Å². The van der Waals surface area contributed by atoms with E-state index in [4.69, 9.17) is 4.74 Å². The van der Waals surface area contributed by atoms with Crippen LogP contribution in [0.3, 0.4) is 0 Å². The van der Waals surface area contributed by atoms with Crippen molar-refractivity contribution < 1.29 is 19.1 Å². The van der Waals surface area contributed by atoms with Crippen LogP contribution in [0.15, 0.2) is 36.5 Å². The van der Waals surface area contributed by atoms with Crippen LogP contribution in [0.25, 0.3) is 0 Å². The lowest BCUT2D eigenvalue weighted by Gasteiger charge is -2.10. The first kappa shape index (κ1) is 17.5. The molecule has 0 radical (unpaired) electrons. The van der Waals surface area contributed by atoms with Crippen molar-refractivity contribution in [2.24, 2.45) is 0 Å². The van der Waals surface area contributed by atoms with Crippen LogP contribution in [-0.4, -0.2) is 37.6 Å². The standard InChI is InChI=1S/C18H20N2O4/c1-12-4-7-16(23-2)13(10-12)8-9-19-17(21)15-6-5-14(11-20-15)18(22)24-3/h4-7,10-11H,8-9H2,1-3H3,(H,19,21). The summed E-state index contributed by atoms with van der Waals surface area (Å²) in [5, 5.41) is 2.81. The van der Waals surface area contributed by atoms with Crippen molar-refractivity contribution in [2.75, 3.05) is 20.8 Å². The van der Waals surface area contributed by atoms with Crippen molar-refractivity contribution in [1.82, 2.24) is 10.3 Å². The maximum Gasteiger partial charge on any atom is 0.339 e. The number of methoxy groups -OCH3 is 2. The molecule has 2 rings (SSSR count). The SMILES string of the molecule is COC(=O)c1ccc(C(=O)NCCc2cc(C)ccc2OC)nc1. The van der Waals surface area contributed by atoms with Gasteiger partial charge in [0.1, 0.15) is 11.4 Å². The second-order valence-corrected chi connectivity index (χ2v) is 5.24. The molecule has 0 bridgehead atoms. The second-order valence-electron chi connectivity index (χ2n) is 5.24. The van der Waals surface area contributed by atoms with Crippen LogP contribution < -0.4 is 10.1 Å². The highest BCUT2D eigenvalue weighted by Crippen LogP contribution is 2.19. The molecule has 1 N–H and O–H groups in total. The lowest BCUT2D eigenvalue weighted by molar-refractivity contribution is 0.0599. The van der Waals surface area contributed by atoms with E-state index in [-0.39, 0.29) is 11.6 Å². The summed E-state index contributed by atoms with van der Waals surface area (Å²) in [6.07, 6.45) is 1.97. The first-order chi connectivity index (χ1) is 11.5. The summed E-state index contributed by atoms with van der Waals surface area (Å²) in [6.45, 7) is 2.47. The number of hydrogen-bond acceptors (Lipinski definition) is 5. The zero-order valence-corrected chi connectivity index (χ0v) is 14.0. The molecule has 1 aromatic carbocycles. The molecule has 6 heteroatoms. The minimum absolute atomic E-state index is 0.249. The molecule has 0 aliphatic carbocycles. The summed E-state index contributed by atoms with van der Waals surface area (Å²) in [4.78, 5) is 27.4. The predicted molar refractivity (Wildman–Crippen MR) is 89.3 cm³/mol. The van der Waals surface area contributed by atoms with E-state index in [9.17, 15) is 9.59 Å². The number of benzene rings is 1. The Kier molecular flexibility index (Phi) is 5.89. The zero-order chi connectivity index (χ0) is 17.5. The van der Waals surface area contributed by atoms with Crippen LogP contribution in [0.2, 0.25) is 0 Å². The molecule has 1 heterocycles. The third kappa shape index (κ3) is 4.32. The molecule has 0 atom stereocenters. The van der Waals surface area contributed by atoms with E-state index in [1.54, 1.807) is 7.11 Å². The Hall–Kier alpha value is -2.89. The van der Waals surface area contributed by atoms with Crippen LogP contribution in [0.4, 0.5) is 0 Å². The van der Waals surface area contributed by atoms with Gasteiger partial charge in [-0.15, -0.1) is 0 Å². The van der Waals surface area contributed by atoms with Gasteiger partial charge in [-0.3, -0.25) is 9.78 Å². The van der Waals surface area contributed by atoms with Crippen molar-refractivity contribution in [3.63, 3.8) is 0 Å². The normalized spacial score (nSPS) is 10.1. The van der Waals surface area contributed by atoms with Gasteiger partial charge in [-0.05, 0) is 37.1 Å². The van der Waals surface area contributed by atoms with E-state index in [0.717, 1.165) is 16.9 Å². The molecule has 1 amide bonds. The first-order valence-electron chi connectivity index (χ1n) is 7.51. The fourth-order valence-corrected chi connectivity index (χ4v) is 2.27. The minimum Gasteiger partial charge on any atom is -0.496 e. The number of carbonyl (C=O) groups excluding carboxylic acids is 2. The monoisotopic (exact) mass is 328 g/mol. The van der Waals surface area contributed by atoms with Crippen molar-refractivity contribution in [1.29, 1.82) is 0 Å². The Morgan fingerprint density at radius 3 is 2.58 bits per heavy atom. The zero-order valence-electron chi connectivity index (χ0n) is 14.0. The van der Waals surface area contributed by atoms with Gasteiger partial charge in [-0.1, -0.05) is 17.7 Å². The molecular weight excluding hydrogens is 308 g/mol. The van der Waals surface area contributed by atoms with Gasteiger partial charge in [-0.2, -0.15) is 0 Å². The van der Waals surface area contributed by atoms with Crippen LogP contribution in [0.1, 0.15) is 32.0 Å². The highest BCUT2D eigenvalue weighted by molar-refractivity contribution is 5.94. The topological polar surface area (TPSA) is 77.5 Å². The molecule has 2 aromatic rings. The van der Waals surface area contributed by atoms with E-state index >= 15 is 0 Å². The average molecular weight is 328 g/mol. The van der Waals surface area contributed by atoms with Gasteiger partial charge in [0.2, 0.25) is 0 Å². The molecule has 0 spiro atoms. The van der Waals surface area contributed by atoms with Gasteiger partial charge in [-0.25, -0.2) is 4.79 Å². The fraction of sp³-hybridized carbons (Fsp3) is 0.278. The first-order valence-corrected chi connectivity index (χ1v) is 7.51. The van der Waals surface area contributed by atoms with E-state index in [1.165, 1.54) is 25.4 Å². The smallest absolute Gasteiger partial charge is 0.339 e. The van der Waals surface area contributed by atoms with Crippen molar-refractivity contribution in [3.05, 3.63) is 58.9 Å². The second kappa shape index (κ2) is 8.10. The summed E-state index contributed by atoms with van der Waals surface area (Å²) in [5.41, 5.74) is 2.72. The van der Waals surface area contributed by atoms with Crippen molar-refractivity contribution in [2.45, 2.75) is 13.3 Å². The van der Waals surface area contributed by atoms with Gasteiger partial charge >= 0.3 is 5.97 Å². The lowest BCUT2D eigenvalue weighted by atomic mass is 10.1. The number of aryl methyl sites for hydroxylation is 1. The number of nitrogens with zero attached hydrogens (tertiary/aromatic N) is 1. The molecule has 0 unspecified atom stereocenters. The summed E-state index contributed by atoms with van der Waals surface area (Å²) in [5.74, 6) is 0.0226. The van der Waals surface area contributed by atoms with Crippen LogP contribution >= 0.6 is 0 Å². The average Bonchev–Trinajstić information content (AvgIpc) is 2.61. The number of esters is 1. The molecule has 0 aliphatic heterocycles. The number of aromatic nitrogens is 1. The van der Waals surface area contributed by atoms with E-state index < -0.39 is 5.97 Å². The van der Waals surface area contributed by atoms with E-state index in [2.05, 4.69) is 15.0 Å². The highest BCUT2D eigenvalue weighted by Gasteiger charge is 2.10. The van der Waals surface area contributed by atoms with Gasteiger partial charge in [0, 0.05) is 12.7 Å². The van der Waals surface area contributed by atoms with E-state index in [1.807, 2.05) is 25.1 Å². The Morgan fingerprint density at radius 2 is 1.96 bits per heavy atom. The minimum atomic E-state index is -0.485. The fourth-order valence-electron chi connectivity index (χ4n) is 2.27. The molecule has 24 heavy (non-hydrogen) atoms. The lowest BCUT2D eigenvalue weighted by Crippen LogP contribution is -2.26. The summed E-state index contributed by atoms with van der Waals surface area (Å²) in [6, 6.07) is 8.94. The molecule has 0 saturated heterocycles. The molecule has 0 aliphatic rings. The number of ether oxygens (including phenoxy) is 2. The number of carbonyl (C=O) groups is 2. The van der Waals surface area contributed by atoms with Gasteiger partial charge in [0.05, 0.1) is 19.8 Å². The van der Waals surface area contributed by atoms with Crippen LogP contribution in [0.5, 0.6) is 5.75 Å². The highest BCUT2D eigenvalue weighted by atomic mass is 16.5. The third-order valence-corrected chi connectivity index (χ3v) is 3.53. The Balaban J connectivity index is 1.94. The number of hydrogen-bond donors (Lipinski definition) is 1. The quantitative estimate of drug-likeness (QED) is 0.822. The predicted octanol–water partition coefficient (Wildman–Crippen LogP) is 2.16. The molecule has 0 saturated carbocycles. The Bertz CT molecular complexity index is 726. The third-order valence-electron chi connectivity index (χ3n) is 3.53. The van der Waals surface area contributed by atoms with E-state index in [0.29, 0.717) is 18.5 Å². The number of pyridine rings is 1. The summed E-state index contributed by atoms with van der Waals surface area (Å²) in [7, 11) is 2.92. The summed E-state index contributed by atoms with van der Waals surface area (Å²) < 4.78 is 9.91. The van der Waals surface area contributed by atoms with Gasteiger partial charge in [0.15, 0.2) is 0 Å². The number of rotatable bonds is 6. The molecule has 126 valence electrons. The molecule has 0 fully saturated rings. The molecule has 6 nitrogen and oxygen atoms in total. The van der Waals surface area contributed by atoms with Gasteiger partial charge in [0.25, 0.3) is 5.91 Å². The largest absolute Gasteiger partial charge is 0.496 e.